The Balaban J connectivity index is 2.84. The zero-order chi connectivity index (χ0) is 8.27. The maximum Gasteiger partial charge on any atom is 0.0931 e. The quantitative estimate of drug-likeness (QED) is 0.705. The molecule has 3 heteroatoms. The number of hydrogen-bond acceptors (Lipinski definition) is 2. The van der Waals surface area contributed by atoms with Gasteiger partial charge in [0.25, 0.3) is 0 Å². The second-order valence-electron chi connectivity index (χ2n) is 2.04. The third-order valence-corrected chi connectivity index (χ3v) is 2.55. The number of halogens is 1. The van der Waals surface area contributed by atoms with E-state index in [0.717, 1.165) is 9.21 Å². The van der Waals surface area contributed by atoms with Crippen LogP contribution in [0.5, 0.6) is 0 Å². The smallest absolute Gasteiger partial charge is 0.0931 e. The second kappa shape index (κ2) is 3.74. The predicted octanol–water partition coefficient (Wildman–Crippen LogP) is 2.74. The van der Waals surface area contributed by atoms with Gasteiger partial charge in [-0.15, -0.1) is 17.1 Å². The van der Waals surface area contributed by atoms with Crippen LogP contribution in [-0.4, -0.2) is 0 Å². The van der Waals surface area contributed by atoms with Gasteiger partial charge < -0.3 is 5.73 Å². The topological polar surface area (TPSA) is 26.0 Å². The van der Waals surface area contributed by atoms with E-state index in [1.807, 2.05) is 12.1 Å². The van der Waals surface area contributed by atoms with Gasteiger partial charge in [-0.3, -0.25) is 0 Å². The average molecular weight is 186 g/mol. The van der Waals surface area contributed by atoms with E-state index in [2.05, 4.69) is 12.3 Å². The van der Waals surface area contributed by atoms with E-state index < -0.39 is 0 Å². The Bertz CT molecular complexity index is 286. The molecule has 2 N–H and O–H groups in total. The molecule has 1 atom stereocenters. The van der Waals surface area contributed by atoms with Crippen LogP contribution in [-0.2, 0) is 0 Å². The van der Waals surface area contributed by atoms with Crippen LogP contribution in [0.15, 0.2) is 30.5 Å². The van der Waals surface area contributed by atoms with Crippen LogP contribution >= 0.6 is 22.9 Å². The maximum absolute atomic E-state index is 5.72. The minimum absolute atomic E-state index is 0.120. The van der Waals surface area contributed by atoms with Gasteiger partial charge in [-0.2, -0.15) is 0 Å². The Kier molecular flexibility index (Phi) is 2.92. The normalized spacial score (nSPS) is 12.2. The molecule has 0 spiro atoms. The molecule has 0 amide bonds. The third-order valence-electron chi connectivity index (χ3n) is 1.22. The molecule has 11 heavy (non-hydrogen) atoms. The number of rotatable bonds is 2. The van der Waals surface area contributed by atoms with Gasteiger partial charge >= 0.3 is 0 Å². The van der Waals surface area contributed by atoms with Crippen LogP contribution in [0.2, 0.25) is 4.34 Å². The predicted molar refractivity (Wildman–Crippen MR) is 50.0 cm³/mol. The molecule has 0 fully saturated rings. The largest absolute Gasteiger partial charge is 0.320 e. The summed E-state index contributed by atoms with van der Waals surface area (Å²) in [5, 5.41) is 0. The molecule has 58 valence electrons. The van der Waals surface area contributed by atoms with Crippen molar-refractivity contribution in [3.63, 3.8) is 0 Å². The first-order valence-electron chi connectivity index (χ1n) is 3.11. The molecular formula is C8H8ClNS. The summed E-state index contributed by atoms with van der Waals surface area (Å²) in [7, 11) is 0. The van der Waals surface area contributed by atoms with Gasteiger partial charge in [-0.05, 0) is 18.2 Å². The number of nitrogens with two attached hydrogens (primary N) is 1. The lowest BCUT2D eigenvalue weighted by Gasteiger charge is -1.98. The SMILES string of the molecule is C=C=CC(N)c1ccc(Cl)s1. The number of hydrogen-bond donors (Lipinski definition) is 1. The molecule has 1 aromatic rings. The summed E-state index contributed by atoms with van der Waals surface area (Å²) in [6.07, 6.45) is 1.71. The summed E-state index contributed by atoms with van der Waals surface area (Å²) in [5.74, 6) is 0. The Hall–Kier alpha value is -0.530. The van der Waals surface area contributed by atoms with E-state index in [1.165, 1.54) is 11.3 Å². The molecule has 1 heterocycles. The number of thiophene rings is 1. The summed E-state index contributed by atoms with van der Waals surface area (Å²) < 4.78 is 0.757. The highest BCUT2D eigenvalue weighted by Crippen LogP contribution is 2.25. The van der Waals surface area contributed by atoms with Crippen LogP contribution in [0.1, 0.15) is 10.9 Å². The highest BCUT2D eigenvalue weighted by molar-refractivity contribution is 7.16. The average Bonchev–Trinajstić information content (AvgIpc) is 2.36. The fraction of sp³-hybridized carbons (Fsp3) is 0.125. The summed E-state index contributed by atoms with van der Waals surface area (Å²) in [5.41, 5.74) is 8.35. The minimum atomic E-state index is -0.120. The standard InChI is InChI=1S/C8H8ClNS/c1-2-3-6(10)7-4-5-8(9)11-7/h3-6H,1,10H2. The Morgan fingerprint density at radius 3 is 2.91 bits per heavy atom. The van der Waals surface area contributed by atoms with Gasteiger partial charge in [0.1, 0.15) is 0 Å². The first-order valence-corrected chi connectivity index (χ1v) is 4.30. The first kappa shape index (κ1) is 8.57. The van der Waals surface area contributed by atoms with E-state index >= 15 is 0 Å². The van der Waals surface area contributed by atoms with Crippen molar-refractivity contribution in [2.75, 3.05) is 0 Å². The molecule has 0 saturated carbocycles. The third kappa shape index (κ3) is 2.21. The van der Waals surface area contributed by atoms with E-state index in [1.54, 1.807) is 6.08 Å². The monoisotopic (exact) mass is 185 g/mol. The summed E-state index contributed by atoms with van der Waals surface area (Å²) >= 11 is 7.19. The molecular weight excluding hydrogens is 178 g/mol. The summed E-state index contributed by atoms with van der Waals surface area (Å²) in [6, 6.07) is 3.62. The zero-order valence-electron chi connectivity index (χ0n) is 5.88. The van der Waals surface area contributed by atoms with E-state index in [-0.39, 0.29) is 6.04 Å². The van der Waals surface area contributed by atoms with Crippen molar-refractivity contribution < 1.29 is 0 Å². The summed E-state index contributed by atoms with van der Waals surface area (Å²) in [4.78, 5) is 1.03. The van der Waals surface area contributed by atoms with Crippen LogP contribution in [0.4, 0.5) is 0 Å². The molecule has 0 aromatic carbocycles. The van der Waals surface area contributed by atoms with Gasteiger partial charge in [0.15, 0.2) is 0 Å². The van der Waals surface area contributed by atoms with Crippen molar-refractivity contribution in [3.05, 3.63) is 39.7 Å². The van der Waals surface area contributed by atoms with E-state index in [0.29, 0.717) is 0 Å². The van der Waals surface area contributed by atoms with Crippen molar-refractivity contribution in [2.24, 2.45) is 5.73 Å². The van der Waals surface area contributed by atoms with Gasteiger partial charge in [-0.25, -0.2) is 0 Å². The Morgan fingerprint density at radius 1 is 1.73 bits per heavy atom. The maximum atomic E-state index is 5.72. The molecule has 0 aliphatic heterocycles. The first-order chi connectivity index (χ1) is 5.24. The van der Waals surface area contributed by atoms with Crippen molar-refractivity contribution in [2.45, 2.75) is 6.04 Å². The molecule has 1 unspecified atom stereocenters. The highest BCUT2D eigenvalue weighted by atomic mass is 35.5. The summed E-state index contributed by atoms with van der Waals surface area (Å²) in [6.45, 7) is 3.44. The molecule has 1 aromatic heterocycles. The van der Waals surface area contributed by atoms with Crippen molar-refractivity contribution in [1.29, 1.82) is 0 Å². The molecule has 1 nitrogen and oxygen atoms in total. The van der Waals surface area contributed by atoms with Crippen LogP contribution < -0.4 is 5.73 Å². The Labute approximate surface area is 74.8 Å². The van der Waals surface area contributed by atoms with Crippen molar-refractivity contribution in [1.82, 2.24) is 0 Å². The molecule has 0 aliphatic rings. The molecule has 0 bridgehead atoms. The molecule has 1 rings (SSSR count). The van der Waals surface area contributed by atoms with Gasteiger partial charge in [0.2, 0.25) is 0 Å². The molecule has 0 aliphatic carbocycles. The fourth-order valence-electron chi connectivity index (χ4n) is 0.717. The Morgan fingerprint density at radius 2 is 2.45 bits per heavy atom. The van der Waals surface area contributed by atoms with Crippen LogP contribution in [0.3, 0.4) is 0 Å². The second-order valence-corrected chi connectivity index (χ2v) is 3.79. The lowest BCUT2D eigenvalue weighted by atomic mass is 10.2. The zero-order valence-corrected chi connectivity index (χ0v) is 7.45. The van der Waals surface area contributed by atoms with Crippen LogP contribution in [0, 0.1) is 0 Å². The van der Waals surface area contributed by atoms with Gasteiger partial charge in [0, 0.05) is 4.88 Å². The molecule has 0 radical (unpaired) electrons. The molecule has 0 saturated heterocycles. The van der Waals surface area contributed by atoms with Crippen LogP contribution in [0.25, 0.3) is 0 Å². The lowest BCUT2D eigenvalue weighted by Crippen LogP contribution is -2.03. The van der Waals surface area contributed by atoms with E-state index in [9.17, 15) is 0 Å². The van der Waals surface area contributed by atoms with Crippen molar-refractivity contribution >= 4 is 22.9 Å². The highest BCUT2D eigenvalue weighted by Gasteiger charge is 2.03. The van der Waals surface area contributed by atoms with E-state index in [4.69, 9.17) is 17.3 Å². The lowest BCUT2D eigenvalue weighted by molar-refractivity contribution is 0.938. The van der Waals surface area contributed by atoms with Gasteiger partial charge in [-0.1, -0.05) is 18.2 Å². The van der Waals surface area contributed by atoms with Gasteiger partial charge in [0.05, 0.1) is 10.4 Å². The van der Waals surface area contributed by atoms with Crippen molar-refractivity contribution in [3.8, 4) is 0 Å². The minimum Gasteiger partial charge on any atom is -0.320 e. The fourth-order valence-corrected chi connectivity index (χ4v) is 1.75.